The van der Waals surface area contributed by atoms with Crippen LogP contribution in [0.4, 0.5) is 27.6 Å². The van der Waals surface area contributed by atoms with Crippen LogP contribution in [0.2, 0.25) is 0 Å². The largest absolute Gasteiger partial charge is 0.586 e. The first-order valence-corrected chi connectivity index (χ1v) is 11.6. The van der Waals surface area contributed by atoms with Gasteiger partial charge in [-0.05, 0) is 32.0 Å². The van der Waals surface area contributed by atoms with E-state index in [4.69, 9.17) is 14.6 Å². The van der Waals surface area contributed by atoms with Crippen molar-refractivity contribution in [2.24, 2.45) is 5.92 Å². The first-order chi connectivity index (χ1) is 17.7. The van der Waals surface area contributed by atoms with Gasteiger partial charge in [0.15, 0.2) is 17.1 Å². The number of amides is 1. The van der Waals surface area contributed by atoms with Crippen LogP contribution in [-0.4, -0.2) is 58.5 Å². The lowest BCUT2D eigenvalue weighted by molar-refractivity contribution is -0.287. The van der Waals surface area contributed by atoms with Crippen LogP contribution >= 0.6 is 0 Å². The Morgan fingerprint density at radius 2 is 1.89 bits per heavy atom. The van der Waals surface area contributed by atoms with Crippen LogP contribution in [0.25, 0.3) is 0 Å². The number of anilines is 1. The van der Waals surface area contributed by atoms with E-state index in [1.54, 1.807) is 6.92 Å². The molecule has 5 atom stereocenters. The van der Waals surface area contributed by atoms with E-state index in [1.807, 2.05) is 0 Å². The molecule has 3 N–H and O–H groups in total. The second kappa shape index (κ2) is 9.82. The summed E-state index contributed by atoms with van der Waals surface area (Å²) in [4.78, 5) is 17.2. The highest BCUT2D eigenvalue weighted by Gasteiger charge is 2.66. The molecule has 1 aromatic heterocycles. The third kappa shape index (κ3) is 4.83. The molecule has 2 aromatic rings. The highest BCUT2D eigenvalue weighted by Crippen LogP contribution is 2.58. The summed E-state index contributed by atoms with van der Waals surface area (Å²) in [6.07, 6.45) is -10.9. The third-order valence-electron chi connectivity index (χ3n) is 6.70. The highest BCUT2D eigenvalue weighted by atomic mass is 19.4. The molecule has 0 aliphatic carbocycles. The van der Waals surface area contributed by atoms with Gasteiger partial charge < -0.3 is 34.5 Å². The molecule has 2 aliphatic heterocycles. The fraction of sp³-hybridized carbons (Fsp3) is 0.500. The number of fused-ring (bicyclic) bond motifs is 1. The molecule has 9 nitrogen and oxygen atoms in total. The van der Waals surface area contributed by atoms with E-state index in [0.29, 0.717) is 0 Å². The van der Waals surface area contributed by atoms with E-state index in [0.717, 1.165) is 13.1 Å². The van der Waals surface area contributed by atoms with E-state index < -0.39 is 66.1 Å². The van der Waals surface area contributed by atoms with Gasteiger partial charge in [-0.1, -0.05) is 13.0 Å². The van der Waals surface area contributed by atoms with Gasteiger partial charge in [0.1, 0.15) is 12.2 Å². The van der Waals surface area contributed by atoms with Crippen molar-refractivity contribution in [3.05, 3.63) is 41.7 Å². The summed E-state index contributed by atoms with van der Waals surface area (Å²) in [6, 6.07) is 5.12. The third-order valence-corrected chi connectivity index (χ3v) is 6.70. The molecule has 208 valence electrons. The Morgan fingerprint density at radius 3 is 2.47 bits per heavy atom. The fourth-order valence-electron chi connectivity index (χ4n) is 4.56. The van der Waals surface area contributed by atoms with Crippen molar-refractivity contribution in [1.29, 1.82) is 0 Å². The van der Waals surface area contributed by atoms with Crippen LogP contribution in [0.15, 0.2) is 30.5 Å². The zero-order chi connectivity index (χ0) is 28.0. The number of carbonyl (C=O) groups excluding carboxylic acids is 1. The number of carbonyl (C=O) groups is 1. The minimum atomic E-state index is -4.92. The van der Waals surface area contributed by atoms with Crippen LogP contribution < -0.4 is 19.5 Å². The van der Waals surface area contributed by atoms with Gasteiger partial charge in [-0.2, -0.15) is 13.2 Å². The molecule has 4 rings (SSSR count). The minimum absolute atomic E-state index is 0.0579. The van der Waals surface area contributed by atoms with Crippen molar-refractivity contribution in [2.75, 3.05) is 18.5 Å². The Kier molecular flexibility index (Phi) is 7.18. The quantitative estimate of drug-likeness (QED) is 0.446. The molecule has 0 saturated carbocycles. The normalized spacial score (nSPS) is 26.7. The number of hydrogen-bond donors (Lipinski definition) is 3. The van der Waals surface area contributed by atoms with Gasteiger partial charge in [0.2, 0.25) is 5.75 Å². The van der Waals surface area contributed by atoms with Crippen molar-refractivity contribution in [2.45, 2.75) is 57.0 Å². The lowest BCUT2D eigenvalue weighted by Crippen LogP contribution is -2.47. The number of aliphatic hydroxyl groups is 2. The molecule has 1 fully saturated rings. The maximum absolute atomic E-state index is 14.2. The summed E-state index contributed by atoms with van der Waals surface area (Å²) >= 11 is 0. The number of rotatable bonds is 7. The lowest BCUT2D eigenvalue weighted by Gasteiger charge is -2.31. The Bertz CT molecular complexity index is 1190. The summed E-state index contributed by atoms with van der Waals surface area (Å²) in [5.74, 6) is -4.98. The molecule has 1 aromatic carbocycles. The summed E-state index contributed by atoms with van der Waals surface area (Å²) in [6.45, 7) is 3.08. The number of aliphatic hydroxyl groups excluding tert-OH is 2. The van der Waals surface area contributed by atoms with Crippen LogP contribution in [0.1, 0.15) is 44.1 Å². The predicted molar refractivity (Wildman–Crippen MR) is 120 cm³/mol. The molecular weight excluding hydrogens is 523 g/mol. The molecule has 0 spiro atoms. The fourth-order valence-corrected chi connectivity index (χ4v) is 4.56. The molecule has 0 bridgehead atoms. The Hall–Kier alpha value is -3.23. The van der Waals surface area contributed by atoms with E-state index >= 15 is 0 Å². The Morgan fingerprint density at radius 1 is 1.21 bits per heavy atom. The summed E-state index contributed by atoms with van der Waals surface area (Å²) in [5.41, 5.74) is -2.81. The van der Waals surface area contributed by atoms with Crippen molar-refractivity contribution in [3.8, 4) is 17.2 Å². The van der Waals surface area contributed by atoms with Crippen LogP contribution in [0, 0.1) is 5.92 Å². The number of hydrogen-bond acceptors (Lipinski definition) is 8. The van der Waals surface area contributed by atoms with Gasteiger partial charge in [-0.3, -0.25) is 9.78 Å². The molecule has 2 aliphatic rings. The van der Waals surface area contributed by atoms with Crippen molar-refractivity contribution in [3.63, 3.8) is 0 Å². The van der Waals surface area contributed by atoms with E-state index in [1.165, 1.54) is 31.2 Å². The summed E-state index contributed by atoms with van der Waals surface area (Å²) in [5, 5.41) is 21.1. The summed E-state index contributed by atoms with van der Waals surface area (Å²) in [7, 11) is 0. The maximum atomic E-state index is 14.2. The van der Waals surface area contributed by atoms with E-state index in [2.05, 4.69) is 19.8 Å². The van der Waals surface area contributed by atoms with Crippen LogP contribution in [0.5, 0.6) is 17.2 Å². The average Bonchev–Trinajstić information content (AvgIpc) is 3.33. The molecule has 0 unspecified atom stereocenters. The molecular formula is C24H25F5N2O7. The van der Waals surface area contributed by atoms with Gasteiger partial charge in [0.25, 0.3) is 5.91 Å². The number of nitrogens with one attached hydrogen (secondary N) is 1. The standard InChI is InChI=1S/C24H25F5N2O7/c1-4-35-16-8-6-13(18-19(16)38-24(28,29)37-18)17-11(2)22(3,23(25,26)27)36-20(17)21(34)31-12-5-7-14(30-9-12)15(33)10-32/h5-9,11,15,17,20,32-33H,4,10H2,1-3H3,(H,31,34)/t11-,15+,17-,20+,22+/m1/s1. The number of ether oxygens (including phenoxy) is 4. The Labute approximate surface area is 213 Å². The van der Waals surface area contributed by atoms with Gasteiger partial charge in [0, 0.05) is 17.4 Å². The number of nitrogens with zero attached hydrogens (tertiary/aromatic N) is 1. The number of benzene rings is 1. The molecule has 1 amide bonds. The highest BCUT2D eigenvalue weighted by molar-refractivity contribution is 5.95. The number of aromatic nitrogens is 1. The number of alkyl halides is 5. The average molecular weight is 548 g/mol. The van der Waals surface area contributed by atoms with Gasteiger partial charge in [0.05, 0.1) is 30.8 Å². The van der Waals surface area contributed by atoms with Crippen LogP contribution in [-0.2, 0) is 9.53 Å². The van der Waals surface area contributed by atoms with E-state index in [-0.39, 0.29) is 29.3 Å². The van der Waals surface area contributed by atoms with Crippen molar-refractivity contribution >= 4 is 11.6 Å². The SMILES string of the molecule is CCOc1ccc([C@@H]2[C@@H](C(=O)Nc3ccc([C@@H](O)CO)nc3)O[C@](C)(C(F)(F)F)[C@@H]2C)c2c1OC(F)(F)O2. The molecule has 14 heteroatoms. The monoisotopic (exact) mass is 548 g/mol. The first-order valence-electron chi connectivity index (χ1n) is 11.6. The number of pyridine rings is 1. The van der Waals surface area contributed by atoms with Crippen molar-refractivity contribution in [1.82, 2.24) is 4.98 Å². The van der Waals surface area contributed by atoms with Gasteiger partial charge >= 0.3 is 12.5 Å². The van der Waals surface area contributed by atoms with Gasteiger partial charge in [-0.25, -0.2) is 0 Å². The van der Waals surface area contributed by atoms with Gasteiger partial charge in [-0.15, -0.1) is 8.78 Å². The molecule has 38 heavy (non-hydrogen) atoms. The second-order valence-corrected chi connectivity index (χ2v) is 9.03. The Balaban J connectivity index is 1.74. The first kappa shape index (κ1) is 27.8. The minimum Gasteiger partial charge on any atom is -0.490 e. The zero-order valence-corrected chi connectivity index (χ0v) is 20.4. The van der Waals surface area contributed by atoms with E-state index in [9.17, 15) is 31.9 Å². The molecule has 1 saturated heterocycles. The smallest absolute Gasteiger partial charge is 0.490 e. The predicted octanol–water partition coefficient (Wildman–Crippen LogP) is 3.91. The van der Waals surface area contributed by atoms with Crippen LogP contribution in [0.3, 0.4) is 0 Å². The van der Waals surface area contributed by atoms with Crippen molar-refractivity contribution < 1.29 is 55.9 Å². The second-order valence-electron chi connectivity index (χ2n) is 9.03. The summed E-state index contributed by atoms with van der Waals surface area (Å²) < 4.78 is 90.5. The topological polar surface area (TPSA) is 119 Å². The number of halogens is 5. The maximum Gasteiger partial charge on any atom is 0.586 e. The molecule has 0 radical (unpaired) electrons. The zero-order valence-electron chi connectivity index (χ0n) is 20.4. The molecule has 3 heterocycles. The lowest BCUT2D eigenvalue weighted by atomic mass is 9.77.